The van der Waals surface area contributed by atoms with Gasteiger partial charge in [-0.1, -0.05) is 31.2 Å². The van der Waals surface area contributed by atoms with E-state index < -0.39 is 11.6 Å². The fraction of sp³-hybridized carbons (Fsp3) is 0.333. The van der Waals surface area contributed by atoms with Crippen molar-refractivity contribution in [3.05, 3.63) is 65.2 Å². The van der Waals surface area contributed by atoms with Gasteiger partial charge in [0.2, 0.25) is 5.79 Å². The van der Waals surface area contributed by atoms with E-state index in [2.05, 4.69) is 13.0 Å². The van der Waals surface area contributed by atoms with E-state index in [1.807, 2.05) is 49.4 Å². The molecule has 4 nitrogen and oxygen atoms in total. The summed E-state index contributed by atoms with van der Waals surface area (Å²) in [5.74, 6) is -0.949. The van der Waals surface area contributed by atoms with E-state index in [1.165, 1.54) is 5.56 Å². The number of benzene rings is 2. The monoisotopic (exact) mass is 298 g/mol. The molecule has 2 aliphatic rings. The number of methoxy groups -OCH3 is 1. The quantitative estimate of drug-likeness (QED) is 0.792. The van der Waals surface area contributed by atoms with Crippen LogP contribution in [0.4, 0.5) is 0 Å². The first-order chi connectivity index (χ1) is 10.6. The van der Waals surface area contributed by atoms with Crippen LogP contribution in [0.25, 0.3) is 0 Å². The van der Waals surface area contributed by atoms with Crippen molar-refractivity contribution in [3.8, 4) is 5.75 Å². The lowest BCUT2D eigenvalue weighted by atomic mass is 9.81. The third-order valence-electron chi connectivity index (χ3n) is 4.71. The van der Waals surface area contributed by atoms with Gasteiger partial charge >= 0.3 is 0 Å². The van der Waals surface area contributed by atoms with Gasteiger partial charge in [0, 0.05) is 17.0 Å². The Morgan fingerprint density at radius 2 is 1.73 bits per heavy atom. The molecule has 2 heterocycles. The molecule has 0 saturated carbocycles. The van der Waals surface area contributed by atoms with Crippen molar-refractivity contribution in [2.24, 2.45) is 0 Å². The fourth-order valence-electron chi connectivity index (χ4n) is 3.25. The first kappa shape index (κ1) is 13.8. The third kappa shape index (κ3) is 1.69. The number of hydrogen-bond acceptors (Lipinski definition) is 4. The first-order valence-electron chi connectivity index (χ1n) is 7.40. The van der Waals surface area contributed by atoms with E-state index in [1.54, 1.807) is 7.11 Å². The van der Waals surface area contributed by atoms with Gasteiger partial charge in [-0.2, -0.15) is 9.78 Å². The minimum Gasteiger partial charge on any atom is -0.497 e. The van der Waals surface area contributed by atoms with E-state index in [-0.39, 0.29) is 5.92 Å². The summed E-state index contributed by atoms with van der Waals surface area (Å²) >= 11 is 0. The largest absolute Gasteiger partial charge is 0.497 e. The third-order valence-corrected chi connectivity index (χ3v) is 4.71. The highest BCUT2D eigenvalue weighted by molar-refractivity contribution is 5.45. The summed E-state index contributed by atoms with van der Waals surface area (Å²) in [6, 6.07) is 15.8. The highest BCUT2D eigenvalue weighted by atomic mass is 17.3. The molecule has 114 valence electrons. The highest BCUT2D eigenvalue weighted by Gasteiger charge is 2.60. The van der Waals surface area contributed by atoms with Gasteiger partial charge in [0.15, 0.2) is 0 Å². The van der Waals surface area contributed by atoms with Crippen molar-refractivity contribution in [2.75, 3.05) is 7.11 Å². The van der Waals surface area contributed by atoms with Gasteiger partial charge in [0.1, 0.15) is 5.75 Å². The Labute approximate surface area is 129 Å². The lowest BCUT2D eigenvalue weighted by Crippen LogP contribution is -2.42. The molecule has 2 aliphatic heterocycles. The average Bonchev–Trinajstić information content (AvgIpc) is 2.90. The van der Waals surface area contributed by atoms with Crippen molar-refractivity contribution in [2.45, 2.75) is 31.3 Å². The molecule has 4 heteroatoms. The average molecular weight is 298 g/mol. The van der Waals surface area contributed by atoms with Crippen molar-refractivity contribution < 1.29 is 19.2 Å². The van der Waals surface area contributed by atoms with Crippen LogP contribution in [0.1, 0.15) is 36.5 Å². The second-order valence-corrected chi connectivity index (χ2v) is 5.94. The lowest BCUT2D eigenvalue weighted by Gasteiger charge is -2.38. The number of hydrogen-bond donors (Lipinski definition) is 0. The predicted molar refractivity (Wildman–Crippen MR) is 80.3 cm³/mol. The Morgan fingerprint density at radius 3 is 2.45 bits per heavy atom. The Balaban J connectivity index is 1.91. The zero-order valence-electron chi connectivity index (χ0n) is 12.8. The Hall–Kier alpha value is -1.88. The van der Waals surface area contributed by atoms with Crippen molar-refractivity contribution in [1.82, 2.24) is 0 Å². The van der Waals surface area contributed by atoms with E-state index in [0.29, 0.717) is 0 Å². The summed E-state index contributed by atoms with van der Waals surface area (Å²) in [7, 11) is 1.65. The summed E-state index contributed by atoms with van der Waals surface area (Å²) in [6.07, 6.45) is 0. The molecule has 0 aliphatic carbocycles. The number of ether oxygens (including phenoxy) is 2. The van der Waals surface area contributed by atoms with Crippen LogP contribution in [-0.4, -0.2) is 12.9 Å². The van der Waals surface area contributed by atoms with Gasteiger partial charge in [-0.3, -0.25) is 0 Å². The van der Waals surface area contributed by atoms with Crippen LogP contribution >= 0.6 is 0 Å². The molecule has 0 spiro atoms. The highest BCUT2D eigenvalue weighted by Crippen LogP contribution is 2.56. The van der Waals surface area contributed by atoms with Gasteiger partial charge < -0.3 is 9.47 Å². The summed E-state index contributed by atoms with van der Waals surface area (Å²) < 4.78 is 11.5. The molecular weight excluding hydrogens is 280 g/mol. The number of fused-ring (bicyclic) bond motifs is 4. The maximum absolute atomic E-state index is 6.29. The molecular formula is C18H18O4. The second kappa shape index (κ2) is 4.56. The topological polar surface area (TPSA) is 36.9 Å². The summed E-state index contributed by atoms with van der Waals surface area (Å²) in [4.78, 5) is 11.4. The molecule has 2 aromatic carbocycles. The van der Waals surface area contributed by atoms with Crippen LogP contribution in [0.2, 0.25) is 0 Å². The summed E-state index contributed by atoms with van der Waals surface area (Å²) in [5, 5.41) is 0. The van der Waals surface area contributed by atoms with Crippen molar-refractivity contribution in [1.29, 1.82) is 0 Å². The molecule has 1 fully saturated rings. The molecule has 1 saturated heterocycles. The van der Waals surface area contributed by atoms with Crippen LogP contribution in [0.15, 0.2) is 48.5 Å². The zero-order valence-corrected chi connectivity index (χ0v) is 12.8. The van der Waals surface area contributed by atoms with E-state index in [9.17, 15) is 0 Å². The Bertz CT molecular complexity index is 711. The van der Waals surface area contributed by atoms with Crippen LogP contribution in [0.5, 0.6) is 5.75 Å². The SMILES string of the molecule is COc1ccc([C@]23OO[C@](C)(O2)C(C)c2ccccc23)cc1. The van der Waals surface area contributed by atoms with Crippen molar-refractivity contribution in [3.63, 3.8) is 0 Å². The van der Waals surface area contributed by atoms with Gasteiger partial charge in [0.25, 0.3) is 5.79 Å². The molecule has 4 rings (SSSR count). The molecule has 0 amide bonds. The van der Waals surface area contributed by atoms with Crippen LogP contribution in [-0.2, 0) is 20.3 Å². The molecule has 2 aromatic rings. The molecule has 2 bridgehead atoms. The normalized spacial score (nSPS) is 32.6. The van der Waals surface area contributed by atoms with E-state index in [4.69, 9.17) is 19.2 Å². The van der Waals surface area contributed by atoms with Gasteiger partial charge in [-0.25, -0.2) is 0 Å². The fourth-order valence-corrected chi connectivity index (χ4v) is 3.25. The van der Waals surface area contributed by atoms with Crippen LogP contribution < -0.4 is 4.74 Å². The summed E-state index contributed by atoms with van der Waals surface area (Å²) in [6.45, 7) is 4.00. The smallest absolute Gasteiger partial charge is 0.257 e. The molecule has 1 unspecified atom stereocenters. The molecule has 3 atom stereocenters. The Kier molecular flexibility index (Phi) is 2.85. The maximum Gasteiger partial charge on any atom is 0.257 e. The van der Waals surface area contributed by atoms with Gasteiger partial charge in [0.05, 0.1) is 7.11 Å². The molecule has 0 N–H and O–H groups in total. The van der Waals surface area contributed by atoms with E-state index >= 15 is 0 Å². The predicted octanol–water partition coefficient (Wildman–Crippen LogP) is 3.71. The minimum atomic E-state index is -1.02. The van der Waals surface area contributed by atoms with Crippen LogP contribution in [0.3, 0.4) is 0 Å². The second-order valence-electron chi connectivity index (χ2n) is 5.94. The molecule has 22 heavy (non-hydrogen) atoms. The first-order valence-corrected chi connectivity index (χ1v) is 7.40. The molecule has 0 aromatic heterocycles. The summed E-state index contributed by atoms with van der Waals surface area (Å²) in [5.41, 5.74) is 3.06. The maximum atomic E-state index is 6.29. The standard InChI is InChI=1S/C18H18O4/c1-12-15-6-4-5-7-16(15)18(20-17(12,2)21-22-18)13-8-10-14(19-3)11-9-13/h4-12H,1-3H3/t12?,17-,18+/m0/s1. The lowest BCUT2D eigenvalue weighted by molar-refractivity contribution is -0.342. The molecule has 0 radical (unpaired) electrons. The Morgan fingerprint density at radius 1 is 1.00 bits per heavy atom. The van der Waals surface area contributed by atoms with Crippen LogP contribution in [0, 0.1) is 0 Å². The zero-order chi connectivity index (χ0) is 15.4. The van der Waals surface area contributed by atoms with Gasteiger partial charge in [-0.05, 0) is 36.8 Å². The van der Waals surface area contributed by atoms with Crippen molar-refractivity contribution >= 4 is 0 Å². The van der Waals surface area contributed by atoms with E-state index in [0.717, 1.165) is 16.9 Å². The number of rotatable bonds is 2. The van der Waals surface area contributed by atoms with Gasteiger partial charge in [-0.15, -0.1) is 0 Å². The minimum absolute atomic E-state index is 0.0811.